The first-order valence-electron chi connectivity index (χ1n) is 7.54. The van der Waals surface area contributed by atoms with E-state index in [1.54, 1.807) is 25.6 Å². The summed E-state index contributed by atoms with van der Waals surface area (Å²) in [5.74, 6) is 0.851. The fourth-order valence-electron chi connectivity index (χ4n) is 1.86. The van der Waals surface area contributed by atoms with E-state index in [1.165, 1.54) is 5.56 Å². The van der Waals surface area contributed by atoms with E-state index in [4.69, 9.17) is 0 Å². The summed E-state index contributed by atoms with van der Waals surface area (Å²) in [6.07, 6.45) is 1.12. The van der Waals surface area contributed by atoms with Gasteiger partial charge in [-0.15, -0.1) is 11.8 Å². The molecule has 1 rings (SSSR count). The largest absolute Gasteiger partial charge is 0.310 e. The number of benzene rings is 1. The van der Waals surface area contributed by atoms with Crippen molar-refractivity contribution in [3.63, 3.8) is 0 Å². The molecule has 1 aromatic rings. The summed E-state index contributed by atoms with van der Waals surface area (Å²) < 4.78 is 23.6. The molecule has 0 amide bonds. The van der Waals surface area contributed by atoms with Gasteiger partial charge in [0.15, 0.2) is 9.84 Å². The third kappa shape index (κ3) is 6.41. The van der Waals surface area contributed by atoms with Crippen molar-refractivity contribution in [2.24, 2.45) is 0 Å². The lowest BCUT2D eigenvalue weighted by Gasteiger charge is -2.14. The molecule has 0 saturated carbocycles. The molecule has 0 aliphatic carbocycles. The van der Waals surface area contributed by atoms with Crippen molar-refractivity contribution < 1.29 is 8.42 Å². The van der Waals surface area contributed by atoms with Gasteiger partial charge in [-0.25, -0.2) is 8.42 Å². The first-order chi connectivity index (χ1) is 9.86. The molecular weight excluding hydrogens is 302 g/mol. The predicted molar refractivity (Wildman–Crippen MR) is 92.8 cm³/mol. The summed E-state index contributed by atoms with van der Waals surface area (Å²) in [7, 11) is -2.94. The van der Waals surface area contributed by atoms with E-state index in [0.717, 1.165) is 17.9 Å². The molecule has 5 heteroatoms. The third-order valence-electron chi connectivity index (χ3n) is 3.41. The van der Waals surface area contributed by atoms with Gasteiger partial charge in [0, 0.05) is 16.7 Å². The highest BCUT2D eigenvalue weighted by Gasteiger charge is 2.15. The molecule has 0 saturated heterocycles. The van der Waals surface area contributed by atoms with Crippen LogP contribution >= 0.6 is 11.8 Å². The van der Waals surface area contributed by atoms with Gasteiger partial charge in [0.25, 0.3) is 0 Å². The Morgan fingerprint density at radius 1 is 1.24 bits per heavy atom. The molecule has 0 aliphatic rings. The van der Waals surface area contributed by atoms with Crippen LogP contribution in [0, 0.1) is 0 Å². The summed E-state index contributed by atoms with van der Waals surface area (Å²) >= 11 is 1.61. The van der Waals surface area contributed by atoms with Crippen molar-refractivity contribution in [3.05, 3.63) is 29.8 Å². The minimum absolute atomic E-state index is 0.239. The van der Waals surface area contributed by atoms with E-state index in [0.29, 0.717) is 11.8 Å². The highest BCUT2D eigenvalue weighted by atomic mass is 32.2. The zero-order chi connectivity index (χ0) is 15.9. The maximum Gasteiger partial charge on any atom is 0.153 e. The van der Waals surface area contributed by atoms with Crippen molar-refractivity contribution in [1.82, 2.24) is 5.32 Å². The molecule has 0 heterocycles. The molecule has 1 atom stereocenters. The summed E-state index contributed by atoms with van der Waals surface area (Å²) in [5.41, 5.74) is 1.25. The van der Waals surface area contributed by atoms with Crippen LogP contribution in [0.15, 0.2) is 29.2 Å². The molecule has 0 fully saturated rings. The molecule has 120 valence electrons. The van der Waals surface area contributed by atoms with Gasteiger partial charge in [-0.2, -0.15) is 0 Å². The summed E-state index contributed by atoms with van der Waals surface area (Å²) in [4.78, 5) is 1.14. The summed E-state index contributed by atoms with van der Waals surface area (Å²) in [5, 5.41) is 3.18. The van der Waals surface area contributed by atoms with Crippen LogP contribution in [0.25, 0.3) is 0 Å². The topological polar surface area (TPSA) is 46.2 Å². The van der Waals surface area contributed by atoms with Gasteiger partial charge >= 0.3 is 0 Å². The van der Waals surface area contributed by atoms with E-state index < -0.39 is 9.84 Å². The minimum atomic E-state index is -2.94. The van der Waals surface area contributed by atoms with Gasteiger partial charge < -0.3 is 5.32 Å². The van der Waals surface area contributed by atoms with Gasteiger partial charge in [-0.05, 0) is 51.4 Å². The monoisotopic (exact) mass is 329 g/mol. The van der Waals surface area contributed by atoms with Gasteiger partial charge in [0.1, 0.15) is 0 Å². The number of rotatable bonds is 9. The lowest BCUT2D eigenvalue weighted by Crippen LogP contribution is -2.19. The lowest BCUT2D eigenvalue weighted by atomic mass is 10.1. The SMILES string of the molecule is CCCNC(C)c1cccc(SCCS(=O)(=O)C(C)C)c1. The first-order valence-corrected chi connectivity index (χ1v) is 10.2. The lowest BCUT2D eigenvalue weighted by molar-refractivity contribution is 0.570. The molecule has 1 N–H and O–H groups in total. The summed E-state index contributed by atoms with van der Waals surface area (Å²) in [6, 6.07) is 8.67. The van der Waals surface area contributed by atoms with Crippen LogP contribution in [0.4, 0.5) is 0 Å². The van der Waals surface area contributed by atoms with Crippen LogP contribution in [0.3, 0.4) is 0 Å². The van der Waals surface area contributed by atoms with E-state index in [2.05, 4.69) is 31.3 Å². The highest BCUT2D eigenvalue weighted by molar-refractivity contribution is 8.00. The highest BCUT2D eigenvalue weighted by Crippen LogP contribution is 2.23. The fraction of sp³-hybridized carbons (Fsp3) is 0.625. The van der Waals surface area contributed by atoms with Gasteiger partial charge in [0.2, 0.25) is 0 Å². The first kappa shape index (κ1) is 18.5. The Kier molecular flexibility index (Phi) is 7.77. The molecular formula is C16H27NO2S2. The fourth-order valence-corrected chi connectivity index (χ4v) is 4.23. The van der Waals surface area contributed by atoms with Crippen molar-refractivity contribution in [2.45, 2.75) is 50.3 Å². The summed E-state index contributed by atoms with van der Waals surface area (Å²) in [6.45, 7) is 8.79. The maximum absolute atomic E-state index is 11.8. The Morgan fingerprint density at radius 2 is 1.95 bits per heavy atom. The average molecular weight is 330 g/mol. The smallest absolute Gasteiger partial charge is 0.153 e. The van der Waals surface area contributed by atoms with Gasteiger partial charge in [-0.1, -0.05) is 19.1 Å². The van der Waals surface area contributed by atoms with E-state index in [1.807, 2.05) is 12.1 Å². The third-order valence-corrected chi connectivity index (χ3v) is 6.88. The second-order valence-electron chi connectivity index (χ2n) is 5.51. The molecule has 1 aromatic carbocycles. The van der Waals surface area contributed by atoms with E-state index >= 15 is 0 Å². The maximum atomic E-state index is 11.8. The molecule has 0 spiro atoms. The Bertz CT molecular complexity index is 527. The normalized spacial score (nSPS) is 13.6. The Balaban J connectivity index is 2.57. The van der Waals surface area contributed by atoms with Crippen molar-refractivity contribution in [1.29, 1.82) is 0 Å². The van der Waals surface area contributed by atoms with Crippen LogP contribution < -0.4 is 5.32 Å². The Hall–Kier alpha value is -0.520. The zero-order valence-electron chi connectivity index (χ0n) is 13.4. The number of hydrogen-bond donors (Lipinski definition) is 1. The number of thioether (sulfide) groups is 1. The molecule has 0 aliphatic heterocycles. The standard InChI is InChI=1S/C16H27NO2S2/c1-5-9-17-14(4)15-7-6-8-16(12-15)20-10-11-21(18,19)13(2)3/h6-8,12-14,17H,5,9-11H2,1-4H3. The Labute approximate surface area is 133 Å². The van der Waals surface area contributed by atoms with E-state index in [9.17, 15) is 8.42 Å². The molecule has 0 bridgehead atoms. The van der Waals surface area contributed by atoms with Crippen molar-refractivity contribution >= 4 is 21.6 Å². The quantitative estimate of drug-likeness (QED) is 0.702. The van der Waals surface area contributed by atoms with E-state index in [-0.39, 0.29) is 11.0 Å². The molecule has 3 nitrogen and oxygen atoms in total. The Morgan fingerprint density at radius 3 is 2.57 bits per heavy atom. The minimum Gasteiger partial charge on any atom is -0.310 e. The molecule has 0 radical (unpaired) electrons. The number of sulfone groups is 1. The molecule has 0 aromatic heterocycles. The van der Waals surface area contributed by atoms with Crippen LogP contribution in [0.5, 0.6) is 0 Å². The molecule has 21 heavy (non-hydrogen) atoms. The van der Waals surface area contributed by atoms with Gasteiger partial charge in [-0.3, -0.25) is 0 Å². The van der Waals surface area contributed by atoms with Gasteiger partial charge in [0.05, 0.1) is 11.0 Å². The number of hydrogen-bond acceptors (Lipinski definition) is 4. The van der Waals surface area contributed by atoms with Crippen LogP contribution in [0.2, 0.25) is 0 Å². The second kappa shape index (κ2) is 8.81. The molecule has 1 unspecified atom stereocenters. The number of nitrogens with one attached hydrogen (secondary N) is 1. The predicted octanol–water partition coefficient (Wildman–Crippen LogP) is 3.66. The van der Waals surface area contributed by atoms with Crippen molar-refractivity contribution in [2.75, 3.05) is 18.1 Å². The zero-order valence-corrected chi connectivity index (χ0v) is 15.1. The van der Waals surface area contributed by atoms with Crippen LogP contribution in [-0.4, -0.2) is 31.7 Å². The van der Waals surface area contributed by atoms with Crippen LogP contribution in [-0.2, 0) is 9.84 Å². The van der Waals surface area contributed by atoms with Crippen LogP contribution in [0.1, 0.15) is 45.7 Å². The second-order valence-corrected chi connectivity index (χ2v) is 9.36. The average Bonchev–Trinajstić information content (AvgIpc) is 2.44. The van der Waals surface area contributed by atoms with Crippen molar-refractivity contribution in [3.8, 4) is 0 Å².